The van der Waals surface area contributed by atoms with Crippen molar-refractivity contribution in [1.82, 2.24) is 5.32 Å². The van der Waals surface area contributed by atoms with Gasteiger partial charge in [0.1, 0.15) is 0 Å². The molecule has 3 aromatic carbocycles. The predicted octanol–water partition coefficient (Wildman–Crippen LogP) is 7.07. The number of dihydropyridines is 1. The molecular weight excluding hydrogens is 553 g/mol. The number of esters is 1. The molecule has 0 saturated heterocycles. The van der Waals surface area contributed by atoms with Crippen molar-refractivity contribution < 1.29 is 14.3 Å². The van der Waals surface area contributed by atoms with Gasteiger partial charge in [0, 0.05) is 15.7 Å². The Morgan fingerprint density at radius 1 is 1.05 bits per heavy atom. The van der Waals surface area contributed by atoms with Crippen LogP contribution in [0.5, 0.6) is 0 Å². The van der Waals surface area contributed by atoms with Crippen LogP contribution in [0.4, 0.5) is 5.69 Å². The number of nitrogens with one attached hydrogen (secondary N) is 2. The third kappa shape index (κ3) is 6.48. The highest BCUT2D eigenvalue weighted by Crippen LogP contribution is 2.43. The van der Waals surface area contributed by atoms with E-state index in [2.05, 4.69) is 16.7 Å². The molecule has 9 heteroatoms. The molecule has 2 N–H and O–H groups in total. The van der Waals surface area contributed by atoms with Crippen LogP contribution in [0, 0.1) is 18.3 Å². The number of carbonyl (C=O) groups excluding carboxylic acids is 2. The van der Waals surface area contributed by atoms with Gasteiger partial charge in [0.2, 0.25) is 5.91 Å². The second kappa shape index (κ2) is 12.9. The highest BCUT2D eigenvalue weighted by atomic mass is 35.5. The van der Waals surface area contributed by atoms with Crippen molar-refractivity contribution in [1.29, 1.82) is 5.26 Å². The minimum absolute atomic E-state index is 0.0175. The number of hydrogen-bond acceptors (Lipinski definition) is 6. The van der Waals surface area contributed by atoms with Crippen LogP contribution in [0.3, 0.4) is 0 Å². The number of thioether (sulfide) groups is 1. The zero-order valence-electron chi connectivity index (χ0n) is 21.3. The van der Waals surface area contributed by atoms with E-state index in [0.717, 1.165) is 11.1 Å². The fraction of sp³-hybridized carbons (Fsp3) is 0.167. The van der Waals surface area contributed by atoms with Crippen molar-refractivity contribution >= 4 is 58.2 Å². The molecule has 0 radical (unpaired) electrons. The minimum atomic E-state index is -0.733. The quantitative estimate of drug-likeness (QED) is 0.278. The van der Waals surface area contributed by atoms with E-state index in [4.69, 9.17) is 27.9 Å². The Balaban J connectivity index is 1.75. The second-order valence-electron chi connectivity index (χ2n) is 8.59. The Bertz CT molecular complexity index is 1500. The van der Waals surface area contributed by atoms with E-state index in [1.54, 1.807) is 49.4 Å². The summed E-state index contributed by atoms with van der Waals surface area (Å²) >= 11 is 13.5. The van der Waals surface area contributed by atoms with E-state index < -0.39 is 11.9 Å². The van der Waals surface area contributed by atoms with E-state index >= 15 is 0 Å². The zero-order valence-corrected chi connectivity index (χ0v) is 23.6. The highest BCUT2D eigenvalue weighted by Gasteiger charge is 2.37. The summed E-state index contributed by atoms with van der Waals surface area (Å²) in [6, 6.07) is 23.9. The van der Waals surface area contributed by atoms with Crippen LogP contribution < -0.4 is 10.6 Å². The van der Waals surface area contributed by atoms with Crippen molar-refractivity contribution in [3.8, 4) is 6.07 Å². The van der Waals surface area contributed by atoms with Crippen LogP contribution in [-0.2, 0) is 14.3 Å². The molecule has 1 aliphatic rings. The molecule has 39 heavy (non-hydrogen) atoms. The molecular formula is C30H25Cl2N3O3S. The number of amides is 1. The number of anilines is 1. The molecule has 1 heterocycles. The summed E-state index contributed by atoms with van der Waals surface area (Å²) in [4.78, 5) is 26.3. The van der Waals surface area contributed by atoms with Crippen molar-refractivity contribution in [2.24, 2.45) is 0 Å². The first-order valence-electron chi connectivity index (χ1n) is 12.1. The molecule has 0 saturated carbocycles. The molecule has 6 nitrogen and oxygen atoms in total. The average molecular weight is 579 g/mol. The van der Waals surface area contributed by atoms with Gasteiger partial charge in [-0.2, -0.15) is 5.26 Å². The Kier molecular flexibility index (Phi) is 9.36. The van der Waals surface area contributed by atoms with Crippen molar-refractivity contribution in [3.05, 3.63) is 116 Å². The maximum atomic E-state index is 13.4. The number of nitriles is 1. The SMILES string of the molecule is CCOC(=O)C1=C(c2ccccc2)NC(SCC(=O)Nc2cccc(Cl)c2C)=C(C#N)C1c1ccc(Cl)cc1. The van der Waals surface area contributed by atoms with E-state index in [9.17, 15) is 14.9 Å². The van der Waals surface area contributed by atoms with Gasteiger partial charge in [0.25, 0.3) is 0 Å². The number of ether oxygens (including phenoxy) is 1. The van der Waals surface area contributed by atoms with Crippen LogP contribution in [-0.4, -0.2) is 24.2 Å². The molecule has 0 aromatic heterocycles. The predicted molar refractivity (Wildman–Crippen MR) is 157 cm³/mol. The molecule has 1 aliphatic heterocycles. The van der Waals surface area contributed by atoms with Gasteiger partial charge >= 0.3 is 5.97 Å². The number of hydrogen-bond donors (Lipinski definition) is 2. The number of nitrogens with zero attached hydrogens (tertiary/aromatic N) is 1. The molecule has 0 spiro atoms. The molecule has 1 atom stereocenters. The summed E-state index contributed by atoms with van der Waals surface area (Å²) in [5.74, 6) is -1.51. The summed E-state index contributed by atoms with van der Waals surface area (Å²) < 4.78 is 5.45. The van der Waals surface area contributed by atoms with E-state index in [0.29, 0.717) is 43.2 Å². The van der Waals surface area contributed by atoms with Gasteiger partial charge in [-0.25, -0.2) is 4.79 Å². The molecule has 4 rings (SSSR count). The molecule has 0 aliphatic carbocycles. The summed E-state index contributed by atoms with van der Waals surface area (Å²) in [5, 5.41) is 18.0. The van der Waals surface area contributed by atoms with E-state index in [1.165, 1.54) is 11.8 Å². The number of halogens is 2. The standard InChI is InChI=1S/C30H25Cl2N3O3S/c1-3-38-30(37)27-26(19-12-14-21(31)15-13-19)22(16-33)29(35-28(27)20-8-5-4-6-9-20)39-17-25(36)34-24-11-7-10-23(32)18(24)2/h4-15,26,35H,3,17H2,1-2H3,(H,34,36). The normalized spacial score (nSPS) is 14.9. The van der Waals surface area contributed by atoms with Crippen molar-refractivity contribution in [2.45, 2.75) is 19.8 Å². The lowest BCUT2D eigenvalue weighted by molar-refractivity contribution is -0.138. The molecule has 0 bridgehead atoms. The van der Waals surface area contributed by atoms with Gasteiger partial charge in [-0.1, -0.05) is 83.5 Å². The summed E-state index contributed by atoms with van der Waals surface area (Å²) in [6.45, 7) is 3.74. The Hall–Kier alpha value is -3.70. The van der Waals surface area contributed by atoms with E-state index in [1.807, 2.05) is 37.3 Å². The van der Waals surface area contributed by atoms with Crippen LogP contribution in [0.15, 0.2) is 89.0 Å². The van der Waals surface area contributed by atoms with Gasteiger partial charge in [-0.05, 0) is 54.8 Å². The number of benzene rings is 3. The van der Waals surface area contributed by atoms with Crippen LogP contribution >= 0.6 is 35.0 Å². The van der Waals surface area contributed by atoms with E-state index in [-0.39, 0.29) is 18.3 Å². The number of carbonyl (C=O) groups is 2. The fourth-order valence-electron chi connectivity index (χ4n) is 4.21. The smallest absolute Gasteiger partial charge is 0.337 e. The number of allylic oxidation sites excluding steroid dienone is 1. The Morgan fingerprint density at radius 3 is 2.44 bits per heavy atom. The molecule has 1 unspecified atom stereocenters. The second-order valence-corrected chi connectivity index (χ2v) is 10.4. The molecule has 3 aromatic rings. The highest BCUT2D eigenvalue weighted by molar-refractivity contribution is 8.03. The third-order valence-corrected chi connectivity index (χ3v) is 7.78. The Morgan fingerprint density at radius 2 is 1.77 bits per heavy atom. The largest absolute Gasteiger partial charge is 0.463 e. The minimum Gasteiger partial charge on any atom is -0.463 e. The first-order valence-corrected chi connectivity index (χ1v) is 13.9. The molecule has 1 amide bonds. The van der Waals surface area contributed by atoms with Crippen molar-refractivity contribution in [3.63, 3.8) is 0 Å². The lowest BCUT2D eigenvalue weighted by Crippen LogP contribution is -2.29. The maximum absolute atomic E-state index is 13.4. The number of rotatable bonds is 8. The first kappa shape index (κ1) is 28.3. The first-order chi connectivity index (χ1) is 18.8. The topological polar surface area (TPSA) is 91.2 Å². The summed E-state index contributed by atoms with van der Waals surface area (Å²) in [5.41, 5.74) is 3.96. The lowest BCUT2D eigenvalue weighted by Gasteiger charge is -2.30. The van der Waals surface area contributed by atoms with Crippen molar-refractivity contribution in [2.75, 3.05) is 17.7 Å². The van der Waals surface area contributed by atoms with Gasteiger partial charge in [0.05, 0.1) is 46.2 Å². The summed E-state index contributed by atoms with van der Waals surface area (Å²) in [7, 11) is 0. The summed E-state index contributed by atoms with van der Waals surface area (Å²) in [6.07, 6.45) is 0. The average Bonchev–Trinajstić information content (AvgIpc) is 2.94. The lowest BCUT2D eigenvalue weighted by atomic mass is 9.81. The molecule has 198 valence electrons. The van der Waals surface area contributed by atoms with Crippen LogP contribution in [0.25, 0.3) is 5.70 Å². The van der Waals surface area contributed by atoms with Gasteiger partial charge in [-0.15, -0.1) is 0 Å². The monoisotopic (exact) mass is 577 g/mol. The Labute approximate surface area is 241 Å². The third-order valence-electron chi connectivity index (χ3n) is 6.10. The maximum Gasteiger partial charge on any atom is 0.337 e. The van der Waals surface area contributed by atoms with Gasteiger partial charge in [-0.3, -0.25) is 4.79 Å². The van der Waals surface area contributed by atoms with Crippen LogP contribution in [0.2, 0.25) is 10.0 Å². The van der Waals surface area contributed by atoms with Crippen LogP contribution in [0.1, 0.15) is 29.5 Å². The molecule has 0 fully saturated rings. The fourth-order valence-corrected chi connectivity index (χ4v) is 5.36. The van der Waals surface area contributed by atoms with Gasteiger partial charge < -0.3 is 15.4 Å². The zero-order chi connectivity index (χ0) is 27.9. The van der Waals surface area contributed by atoms with Gasteiger partial charge in [0.15, 0.2) is 0 Å².